The molecule has 0 spiro atoms. The largest absolute Gasteiger partial charge is 0.387 e. The van der Waals surface area contributed by atoms with Crippen molar-refractivity contribution in [2.24, 2.45) is 0 Å². The monoisotopic (exact) mass is 214 g/mol. The van der Waals surface area contributed by atoms with E-state index in [0.29, 0.717) is 13.1 Å². The summed E-state index contributed by atoms with van der Waals surface area (Å²) in [6, 6.07) is -0.122. The van der Waals surface area contributed by atoms with E-state index in [9.17, 15) is 9.90 Å². The van der Waals surface area contributed by atoms with Crippen LogP contribution in [0.5, 0.6) is 0 Å². The molecule has 0 radical (unpaired) electrons. The van der Waals surface area contributed by atoms with Crippen LogP contribution in [0.15, 0.2) is 0 Å². The Balaban J connectivity index is 2.31. The van der Waals surface area contributed by atoms with Gasteiger partial charge in [0.1, 0.15) is 0 Å². The van der Waals surface area contributed by atoms with Gasteiger partial charge in [-0.05, 0) is 19.8 Å². The number of likely N-dealkylation sites (tertiary alicyclic amines) is 1. The van der Waals surface area contributed by atoms with Crippen LogP contribution in [0.4, 0.5) is 0 Å². The van der Waals surface area contributed by atoms with Crippen LogP contribution in [0.25, 0.3) is 0 Å². The third-order valence-electron chi connectivity index (χ3n) is 3.13. The highest BCUT2D eigenvalue weighted by Gasteiger charge is 2.42. The van der Waals surface area contributed by atoms with Crippen molar-refractivity contribution in [2.75, 3.05) is 19.6 Å². The number of nitrogens with zero attached hydrogens (tertiary/aromatic N) is 1. The summed E-state index contributed by atoms with van der Waals surface area (Å²) in [6.45, 7) is 7.85. The zero-order valence-corrected chi connectivity index (χ0v) is 9.92. The van der Waals surface area contributed by atoms with Crippen LogP contribution in [0, 0.1) is 0 Å². The molecular weight excluding hydrogens is 192 g/mol. The van der Waals surface area contributed by atoms with Crippen molar-refractivity contribution in [1.82, 2.24) is 10.2 Å². The summed E-state index contributed by atoms with van der Waals surface area (Å²) in [5.74, 6) is 0.0648. The van der Waals surface area contributed by atoms with E-state index in [4.69, 9.17) is 0 Å². The third kappa shape index (κ3) is 2.92. The first-order chi connectivity index (χ1) is 7.02. The molecule has 0 aliphatic carbocycles. The normalized spacial score (nSPS) is 21.9. The summed E-state index contributed by atoms with van der Waals surface area (Å²) >= 11 is 0. The summed E-state index contributed by atoms with van der Waals surface area (Å²) in [5, 5.41) is 12.7. The van der Waals surface area contributed by atoms with Gasteiger partial charge < -0.3 is 10.4 Å². The lowest BCUT2D eigenvalue weighted by Gasteiger charge is -2.48. The van der Waals surface area contributed by atoms with Crippen LogP contribution in [0.1, 0.15) is 33.6 Å². The molecule has 1 amide bonds. The summed E-state index contributed by atoms with van der Waals surface area (Å²) in [4.78, 5) is 13.6. The minimum Gasteiger partial charge on any atom is -0.387 e. The molecule has 1 atom stereocenters. The van der Waals surface area contributed by atoms with Crippen molar-refractivity contribution in [3.63, 3.8) is 0 Å². The van der Waals surface area contributed by atoms with Crippen LogP contribution in [0.3, 0.4) is 0 Å². The lowest BCUT2D eigenvalue weighted by Crippen LogP contribution is -2.66. The SMILES string of the molecule is CCCNC(=O)C(C)N1CC(O)(CC)C1. The van der Waals surface area contributed by atoms with Crippen LogP contribution in [-0.2, 0) is 4.79 Å². The number of carbonyl (C=O) groups excluding carboxylic acids is 1. The Hall–Kier alpha value is -0.610. The fourth-order valence-electron chi connectivity index (χ4n) is 1.77. The third-order valence-corrected chi connectivity index (χ3v) is 3.13. The van der Waals surface area contributed by atoms with E-state index in [0.717, 1.165) is 19.4 Å². The lowest BCUT2D eigenvalue weighted by molar-refractivity contribution is -0.142. The maximum Gasteiger partial charge on any atom is 0.237 e. The zero-order valence-electron chi connectivity index (χ0n) is 9.92. The second kappa shape index (κ2) is 4.94. The van der Waals surface area contributed by atoms with E-state index in [1.54, 1.807) is 0 Å². The standard InChI is InChI=1S/C11H22N2O2/c1-4-6-12-10(14)9(3)13-7-11(15,5-2)8-13/h9,15H,4-8H2,1-3H3,(H,12,14). The van der Waals surface area contributed by atoms with Gasteiger partial charge in [0.15, 0.2) is 0 Å². The summed E-state index contributed by atoms with van der Waals surface area (Å²) in [6.07, 6.45) is 1.71. The number of carbonyl (C=O) groups is 1. The first-order valence-electron chi connectivity index (χ1n) is 5.76. The van der Waals surface area contributed by atoms with Crippen molar-refractivity contribution in [3.8, 4) is 0 Å². The molecule has 1 saturated heterocycles. The second-order valence-corrected chi connectivity index (χ2v) is 4.45. The molecule has 4 heteroatoms. The van der Waals surface area contributed by atoms with E-state index >= 15 is 0 Å². The average molecular weight is 214 g/mol. The van der Waals surface area contributed by atoms with E-state index in [1.165, 1.54) is 0 Å². The Morgan fingerprint density at radius 2 is 2.13 bits per heavy atom. The average Bonchev–Trinajstić information content (AvgIpc) is 2.20. The van der Waals surface area contributed by atoms with Gasteiger partial charge >= 0.3 is 0 Å². The highest BCUT2D eigenvalue weighted by atomic mass is 16.3. The minimum absolute atomic E-state index is 0.0648. The highest BCUT2D eigenvalue weighted by molar-refractivity contribution is 5.81. The highest BCUT2D eigenvalue weighted by Crippen LogP contribution is 2.25. The predicted molar refractivity (Wildman–Crippen MR) is 59.6 cm³/mol. The molecular formula is C11H22N2O2. The maximum atomic E-state index is 11.6. The number of amides is 1. The van der Waals surface area contributed by atoms with Gasteiger partial charge in [-0.2, -0.15) is 0 Å². The number of nitrogens with one attached hydrogen (secondary N) is 1. The fraction of sp³-hybridized carbons (Fsp3) is 0.909. The lowest BCUT2D eigenvalue weighted by atomic mass is 9.90. The van der Waals surface area contributed by atoms with Crippen LogP contribution in [0.2, 0.25) is 0 Å². The fourth-order valence-corrected chi connectivity index (χ4v) is 1.77. The number of β-amino-alcohol motifs (C(OH)–C–C–N with tert-alkyl or cyclic N) is 1. The summed E-state index contributed by atoms with van der Waals surface area (Å²) in [7, 11) is 0. The molecule has 4 nitrogen and oxygen atoms in total. The zero-order chi connectivity index (χ0) is 11.5. The predicted octanol–water partition coefficient (Wildman–Crippen LogP) is 0.358. The number of aliphatic hydroxyl groups is 1. The quantitative estimate of drug-likeness (QED) is 0.694. The smallest absolute Gasteiger partial charge is 0.237 e. The van der Waals surface area contributed by atoms with Gasteiger partial charge in [0.25, 0.3) is 0 Å². The van der Waals surface area contributed by atoms with E-state index < -0.39 is 5.60 Å². The molecule has 88 valence electrons. The van der Waals surface area contributed by atoms with E-state index in [2.05, 4.69) is 5.32 Å². The molecule has 1 unspecified atom stereocenters. The first kappa shape index (κ1) is 12.5. The Kier molecular flexibility index (Phi) is 4.11. The maximum absolute atomic E-state index is 11.6. The van der Waals surface area contributed by atoms with Gasteiger partial charge in [-0.3, -0.25) is 9.69 Å². The molecule has 1 aliphatic rings. The topological polar surface area (TPSA) is 52.6 Å². The van der Waals surface area contributed by atoms with Crippen LogP contribution in [-0.4, -0.2) is 47.2 Å². The molecule has 15 heavy (non-hydrogen) atoms. The van der Waals surface area contributed by atoms with Crippen molar-refractivity contribution in [1.29, 1.82) is 0 Å². The molecule has 1 heterocycles. The Morgan fingerprint density at radius 1 is 1.53 bits per heavy atom. The van der Waals surface area contributed by atoms with Crippen LogP contribution < -0.4 is 5.32 Å². The van der Waals surface area contributed by atoms with Gasteiger partial charge in [-0.15, -0.1) is 0 Å². The summed E-state index contributed by atoms with van der Waals surface area (Å²) < 4.78 is 0. The molecule has 2 N–H and O–H groups in total. The molecule has 0 aromatic heterocycles. The molecule has 1 aliphatic heterocycles. The second-order valence-electron chi connectivity index (χ2n) is 4.45. The molecule has 0 aromatic rings. The van der Waals surface area contributed by atoms with Gasteiger partial charge in [-0.25, -0.2) is 0 Å². The van der Waals surface area contributed by atoms with Gasteiger partial charge in [0.2, 0.25) is 5.91 Å². The number of hydrogen-bond acceptors (Lipinski definition) is 3. The summed E-state index contributed by atoms with van der Waals surface area (Å²) in [5.41, 5.74) is -0.556. The molecule has 1 fully saturated rings. The molecule has 0 saturated carbocycles. The van der Waals surface area contributed by atoms with E-state index in [1.807, 2.05) is 25.7 Å². The first-order valence-corrected chi connectivity index (χ1v) is 5.76. The Labute approximate surface area is 91.6 Å². The van der Waals surface area contributed by atoms with E-state index in [-0.39, 0.29) is 11.9 Å². The number of hydrogen-bond donors (Lipinski definition) is 2. The molecule has 1 rings (SSSR count). The van der Waals surface area contributed by atoms with Crippen molar-refractivity contribution in [2.45, 2.75) is 45.3 Å². The van der Waals surface area contributed by atoms with Crippen LogP contribution >= 0.6 is 0 Å². The van der Waals surface area contributed by atoms with Gasteiger partial charge in [-0.1, -0.05) is 13.8 Å². The molecule has 0 bridgehead atoms. The Bertz CT molecular complexity index is 225. The van der Waals surface area contributed by atoms with Gasteiger partial charge in [0, 0.05) is 19.6 Å². The minimum atomic E-state index is -0.556. The van der Waals surface area contributed by atoms with Crippen molar-refractivity contribution in [3.05, 3.63) is 0 Å². The Morgan fingerprint density at radius 3 is 2.60 bits per heavy atom. The van der Waals surface area contributed by atoms with Crippen molar-refractivity contribution >= 4 is 5.91 Å². The number of rotatable bonds is 5. The van der Waals surface area contributed by atoms with Crippen molar-refractivity contribution < 1.29 is 9.90 Å². The molecule has 0 aromatic carbocycles. The van der Waals surface area contributed by atoms with Gasteiger partial charge in [0.05, 0.1) is 11.6 Å².